The summed E-state index contributed by atoms with van der Waals surface area (Å²) >= 11 is 4.94. The van der Waals surface area contributed by atoms with E-state index in [-0.39, 0.29) is 5.11 Å². The normalized spacial score (nSPS) is 5.17. The third-order valence-electron chi connectivity index (χ3n) is 0. The Labute approximate surface area is 55.9 Å². The van der Waals surface area contributed by atoms with Crippen LogP contribution in [0, 0.1) is 0 Å². The maximum atomic E-state index is 4.76. The van der Waals surface area contributed by atoms with Crippen LogP contribution in [-0.4, -0.2) is 5.11 Å². The molecule has 0 aliphatic rings. The van der Waals surface area contributed by atoms with Crippen LogP contribution in [0.2, 0.25) is 0 Å². The second-order valence-corrected chi connectivity index (χ2v) is 0.874. The summed E-state index contributed by atoms with van der Waals surface area (Å²) in [5.41, 5.74) is 9.24. The van der Waals surface area contributed by atoms with Crippen LogP contribution >= 0.6 is 21.9 Å². The van der Waals surface area contributed by atoms with Crippen LogP contribution in [-0.2, 0) is 17.3 Å². The van der Waals surface area contributed by atoms with Crippen LogP contribution in [0.15, 0.2) is 0 Å². The van der Waals surface area contributed by atoms with Crippen molar-refractivity contribution in [1.82, 2.24) is 0 Å². The molecule has 4 N–H and O–H groups in total. The fraction of sp³-hybridized carbons (Fsp3) is 0. The number of hydrogen-bond donors (Lipinski definition) is 2. The van der Waals surface area contributed by atoms with E-state index in [4.69, 9.17) is 9.69 Å². The third-order valence-corrected chi connectivity index (χ3v) is 0. The molecule has 0 saturated heterocycles. The van der Waals surface area contributed by atoms with Gasteiger partial charge in [-0.1, -0.05) is 0 Å². The molecule has 6 heavy (non-hydrogen) atoms. The van der Waals surface area contributed by atoms with E-state index in [1.807, 2.05) is 0 Å². The molecule has 5 heteroatoms. The fourth-order valence-corrected chi connectivity index (χ4v) is 0. The molecular formula is CH4ClN2SZn. The van der Waals surface area contributed by atoms with Gasteiger partial charge in [-0.05, 0) is 12.2 Å². The summed E-state index contributed by atoms with van der Waals surface area (Å²) in [6.45, 7) is 0. The van der Waals surface area contributed by atoms with E-state index in [9.17, 15) is 0 Å². The SMILES string of the molecule is NC(N)=S.[Cl][Zn]. The second kappa shape index (κ2) is 9.14. The van der Waals surface area contributed by atoms with Crippen molar-refractivity contribution in [3.05, 3.63) is 0 Å². The molecule has 2 nitrogen and oxygen atoms in total. The van der Waals surface area contributed by atoms with Gasteiger partial charge in [0.05, 0.1) is 0 Å². The summed E-state index contributed by atoms with van der Waals surface area (Å²) in [4.78, 5) is 0. The van der Waals surface area contributed by atoms with E-state index >= 15 is 0 Å². The molecule has 0 heterocycles. The van der Waals surface area contributed by atoms with Gasteiger partial charge in [-0.3, -0.25) is 0 Å². The van der Waals surface area contributed by atoms with Gasteiger partial charge >= 0.3 is 27.0 Å². The fourth-order valence-electron chi connectivity index (χ4n) is 0. The Balaban J connectivity index is 0. The summed E-state index contributed by atoms with van der Waals surface area (Å²) in [7, 11) is 4.76. The van der Waals surface area contributed by atoms with Crippen LogP contribution in [0.5, 0.6) is 0 Å². The summed E-state index contributed by atoms with van der Waals surface area (Å²) < 4.78 is 0. The molecule has 0 aromatic rings. The van der Waals surface area contributed by atoms with Gasteiger partial charge in [0.1, 0.15) is 0 Å². The summed E-state index contributed by atoms with van der Waals surface area (Å²) in [6, 6.07) is 0. The molecule has 0 amide bonds. The predicted molar refractivity (Wildman–Crippen MR) is 26.8 cm³/mol. The van der Waals surface area contributed by atoms with Crippen LogP contribution in [0.1, 0.15) is 0 Å². The Morgan fingerprint density at radius 3 is 1.50 bits per heavy atom. The first-order valence-electron chi connectivity index (χ1n) is 1.05. The summed E-state index contributed by atoms with van der Waals surface area (Å²) in [5.74, 6) is 0. The Morgan fingerprint density at radius 2 is 1.50 bits per heavy atom. The Kier molecular flexibility index (Phi) is 14.9. The van der Waals surface area contributed by atoms with Crippen LogP contribution < -0.4 is 11.5 Å². The van der Waals surface area contributed by atoms with E-state index in [1.54, 1.807) is 0 Å². The number of thiocarbonyl (C=S) groups is 1. The van der Waals surface area contributed by atoms with Crippen molar-refractivity contribution in [3.63, 3.8) is 0 Å². The van der Waals surface area contributed by atoms with Crippen molar-refractivity contribution < 1.29 is 17.3 Å². The molecule has 0 rings (SSSR count). The number of nitrogens with two attached hydrogens (primary N) is 2. The van der Waals surface area contributed by atoms with Crippen molar-refractivity contribution in [2.75, 3.05) is 0 Å². The zero-order valence-electron chi connectivity index (χ0n) is 3.15. The average Bonchev–Trinajstić information content (AvgIpc) is 1.41. The minimum absolute atomic E-state index is 0.000000000000000222. The molecule has 0 radical (unpaired) electrons. The van der Waals surface area contributed by atoms with Gasteiger partial charge in [-0.15, -0.1) is 0 Å². The van der Waals surface area contributed by atoms with Crippen molar-refractivity contribution in [2.24, 2.45) is 11.5 Å². The second-order valence-electron chi connectivity index (χ2n) is 0.402. The molecule has 0 bridgehead atoms. The van der Waals surface area contributed by atoms with Crippen molar-refractivity contribution in [3.8, 4) is 0 Å². The van der Waals surface area contributed by atoms with Gasteiger partial charge in [-0.25, -0.2) is 0 Å². The molecule has 0 aromatic carbocycles. The van der Waals surface area contributed by atoms with Gasteiger partial charge in [0, 0.05) is 0 Å². The van der Waals surface area contributed by atoms with E-state index in [0.717, 1.165) is 17.3 Å². The van der Waals surface area contributed by atoms with Crippen molar-refractivity contribution in [2.45, 2.75) is 0 Å². The van der Waals surface area contributed by atoms with Gasteiger partial charge in [0.15, 0.2) is 5.11 Å². The number of halogens is 1. The topological polar surface area (TPSA) is 52.0 Å². The summed E-state index contributed by atoms with van der Waals surface area (Å²) in [5, 5.41) is 0.000000000000000222. The first kappa shape index (κ1) is 9.78. The van der Waals surface area contributed by atoms with E-state index in [2.05, 4.69) is 23.7 Å². The van der Waals surface area contributed by atoms with Gasteiger partial charge in [0.2, 0.25) is 0 Å². The average molecular weight is 177 g/mol. The van der Waals surface area contributed by atoms with E-state index < -0.39 is 0 Å². The predicted octanol–water partition coefficient (Wildman–Crippen LogP) is -0.124. The van der Waals surface area contributed by atoms with E-state index in [0.29, 0.717) is 0 Å². The Hall–Kier alpha value is 0.603. The van der Waals surface area contributed by atoms with Crippen molar-refractivity contribution >= 4 is 27.0 Å². The monoisotopic (exact) mass is 175 g/mol. The molecule has 0 saturated carbocycles. The Bertz CT molecular complexity index is 36.5. The maximum absolute atomic E-state index is 4.76. The molecule has 0 atom stereocenters. The Morgan fingerprint density at radius 1 is 1.50 bits per heavy atom. The number of rotatable bonds is 0. The zero-order valence-corrected chi connectivity index (χ0v) is 7.69. The van der Waals surface area contributed by atoms with Gasteiger partial charge in [0.25, 0.3) is 0 Å². The molecule has 0 aromatic heterocycles. The molecule has 0 aliphatic heterocycles. The minimum atomic E-state index is 0.000000000000000222. The molecule has 0 spiro atoms. The molecule has 33 valence electrons. The first-order chi connectivity index (χ1) is 2.73. The molecule has 0 aliphatic carbocycles. The molecule has 0 fully saturated rings. The first-order valence-corrected chi connectivity index (χ1v) is 5.36. The standard InChI is InChI=1S/CH4N2S.ClH.Zn/c2-1(3)4;;/h(H4,2,3,4);1H;/q;;+1/p-1. The number of hydrogen-bond acceptors (Lipinski definition) is 1. The molecule has 0 unspecified atom stereocenters. The zero-order chi connectivity index (χ0) is 5.58. The van der Waals surface area contributed by atoms with Gasteiger partial charge < -0.3 is 11.5 Å². The van der Waals surface area contributed by atoms with Crippen LogP contribution in [0.3, 0.4) is 0 Å². The summed E-state index contributed by atoms with van der Waals surface area (Å²) in [6.07, 6.45) is 0. The van der Waals surface area contributed by atoms with E-state index in [1.165, 1.54) is 0 Å². The molecular weight excluding hydrogens is 173 g/mol. The van der Waals surface area contributed by atoms with Crippen LogP contribution in [0.25, 0.3) is 0 Å². The van der Waals surface area contributed by atoms with Crippen LogP contribution in [0.4, 0.5) is 0 Å². The van der Waals surface area contributed by atoms with Gasteiger partial charge in [-0.2, -0.15) is 0 Å². The third kappa shape index (κ3) is 164. The van der Waals surface area contributed by atoms with Crippen molar-refractivity contribution in [1.29, 1.82) is 0 Å². The quantitative estimate of drug-likeness (QED) is 0.400.